The number of carbonyl (C=O) groups excluding carboxylic acids is 3. The van der Waals surface area contributed by atoms with Crippen molar-refractivity contribution < 1.29 is 14.4 Å². The predicted octanol–water partition coefficient (Wildman–Crippen LogP) is 3.21. The largest absolute Gasteiger partial charge is 0.335 e. The fourth-order valence-electron chi connectivity index (χ4n) is 2.84. The highest BCUT2D eigenvalue weighted by molar-refractivity contribution is 6.32. The Morgan fingerprint density at radius 3 is 2.42 bits per heavy atom. The van der Waals surface area contributed by atoms with Gasteiger partial charge in [-0.05, 0) is 50.1 Å². The molecule has 1 atom stereocenters. The van der Waals surface area contributed by atoms with Crippen LogP contribution in [0.15, 0.2) is 47.5 Å². The summed E-state index contributed by atoms with van der Waals surface area (Å²) in [4.78, 5) is 42.4. The van der Waals surface area contributed by atoms with Crippen LogP contribution in [-0.4, -0.2) is 24.1 Å². The second-order valence-corrected chi connectivity index (χ2v) is 6.35. The van der Waals surface area contributed by atoms with Gasteiger partial charge in [-0.25, -0.2) is 9.69 Å². The summed E-state index contributed by atoms with van der Waals surface area (Å²) in [6.45, 7) is 5.75. The smallest absolute Gasteiger partial charge is 0.276 e. The first kappa shape index (κ1) is 17.5. The number of aliphatic imine (C=N–C) groups is 1. The molecule has 3 rings (SSSR count). The van der Waals surface area contributed by atoms with E-state index in [4.69, 9.17) is 0 Å². The zero-order chi connectivity index (χ0) is 18.8. The summed E-state index contributed by atoms with van der Waals surface area (Å²) in [5.41, 5.74) is 4.04. The van der Waals surface area contributed by atoms with Gasteiger partial charge in [-0.3, -0.25) is 19.9 Å². The fourth-order valence-corrected chi connectivity index (χ4v) is 2.84. The first-order valence-corrected chi connectivity index (χ1v) is 8.24. The topological polar surface area (TPSA) is 78.8 Å². The Morgan fingerprint density at radius 1 is 1.00 bits per heavy atom. The molecular weight excluding hydrogens is 330 g/mol. The minimum atomic E-state index is -1.16. The van der Waals surface area contributed by atoms with Crippen LogP contribution in [0.3, 0.4) is 0 Å². The maximum Gasteiger partial charge on any atom is 0.335 e. The molecule has 6 heteroatoms. The van der Waals surface area contributed by atoms with E-state index in [0.29, 0.717) is 11.4 Å². The molecule has 1 heterocycles. The summed E-state index contributed by atoms with van der Waals surface area (Å²) >= 11 is 0. The van der Waals surface area contributed by atoms with Crippen molar-refractivity contribution in [2.45, 2.75) is 20.8 Å². The summed E-state index contributed by atoms with van der Waals surface area (Å²) in [7, 11) is 0. The number of aryl methyl sites for hydroxylation is 3. The second kappa shape index (κ2) is 6.92. The van der Waals surface area contributed by atoms with Crippen molar-refractivity contribution in [1.82, 2.24) is 5.32 Å². The fraction of sp³-hybridized carbons (Fsp3) is 0.200. The molecule has 26 heavy (non-hydrogen) atoms. The van der Waals surface area contributed by atoms with E-state index >= 15 is 0 Å². The molecule has 1 fully saturated rings. The summed E-state index contributed by atoms with van der Waals surface area (Å²) in [6.07, 6.45) is 1.30. The Kier molecular flexibility index (Phi) is 4.67. The quantitative estimate of drug-likeness (QED) is 0.682. The van der Waals surface area contributed by atoms with Crippen LogP contribution in [0, 0.1) is 26.7 Å². The number of anilines is 1. The van der Waals surface area contributed by atoms with Gasteiger partial charge in [-0.2, -0.15) is 0 Å². The molecule has 0 saturated carbocycles. The Balaban J connectivity index is 1.91. The van der Waals surface area contributed by atoms with Crippen LogP contribution in [0.2, 0.25) is 0 Å². The third-order valence-electron chi connectivity index (χ3n) is 4.18. The standard InChI is InChI=1S/C20H19N3O3/c1-12-5-4-6-15(10-12)23-19(25)16(18(24)22-20(23)26)11-21-17-8-7-13(2)9-14(17)3/h4-11,16H,1-3H3,(H,22,24,26)/t16-/m1/s1. The lowest BCUT2D eigenvalue weighted by molar-refractivity contribution is -0.131. The van der Waals surface area contributed by atoms with Crippen LogP contribution in [0.1, 0.15) is 16.7 Å². The van der Waals surface area contributed by atoms with Gasteiger partial charge in [0.1, 0.15) is 0 Å². The average Bonchev–Trinajstić information content (AvgIpc) is 2.56. The van der Waals surface area contributed by atoms with Crippen LogP contribution in [0.25, 0.3) is 0 Å². The monoisotopic (exact) mass is 349 g/mol. The van der Waals surface area contributed by atoms with Gasteiger partial charge in [-0.15, -0.1) is 0 Å². The molecule has 0 radical (unpaired) electrons. The van der Waals surface area contributed by atoms with E-state index in [2.05, 4.69) is 10.3 Å². The molecule has 2 aromatic rings. The van der Waals surface area contributed by atoms with Crippen LogP contribution in [0.5, 0.6) is 0 Å². The molecule has 132 valence electrons. The van der Waals surface area contributed by atoms with Crippen molar-refractivity contribution in [1.29, 1.82) is 0 Å². The van der Waals surface area contributed by atoms with Crippen molar-refractivity contribution >= 4 is 35.4 Å². The Bertz CT molecular complexity index is 934. The van der Waals surface area contributed by atoms with Gasteiger partial charge in [0, 0.05) is 6.21 Å². The molecule has 0 spiro atoms. The average molecular weight is 349 g/mol. The Hall–Kier alpha value is -3.28. The number of hydrogen-bond donors (Lipinski definition) is 1. The van der Waals surface area contributed by atoms with Crippen molar-refractivity contribution in [3.63, 3.8) is 0 Å². The SMILES string of the molecule is Cc1cccc(N2C(=O)NC(=O)[C@@H](C=Nc3ccc(C)cc3C)C2=O)c1. The predicted molar refractivity (Wildman–Crippen MR) is 99.8 cm³/mol. The summed E-state index contributed by atoms with van der Waals surface area (Å²) in [5, 5.41) is 2.22. The molecule has 0 bridgehead atoms. The number of hydrogen-bond acceptors (Lipinski definition) is 4. The maximum absolute atomic E-state index is 12.8. The minimum absolute atomic E-state index is 0.421. The lowest BCUT2D eigenvalue weighted by Crippen LogP contribution is -2.58. The zero-order valence-electron chi connectivity index (χ0n) is 14.8. The second-order valence-electron chi connectivity index (χ2n) is 6.35. The molecule has 1 aliphatic heterocycles. The lowest BCUT2D eigenvalue weighted by Gasteiger charge is -2.28. The third kappa shape index (κ3) is 3.39. The van der Waals surface area contributed by atoms with Gasteiger partial charge in [0.2, 0.25) is 5.91 Å². The molecule has 0 aliphatic carbocycles. The molecule has 4 amide bonds. The molecule has 0 unspecified atom stereocenters. The first-order valence-electron chi connectivity index (χ1n) is 8.24. The molecule has 6 nitrogen and oxygen atoms in total. The number of carbonyl (C=O) groups is 3. The van der Waals surface area contributed by atoms with E-state index in [1.165, 1.54) is 6.21 Å². The van der Waals surface area contributed by atoms with E-state index in [-0.39, 0.29) is 0 Å². The van der Waals surface area contributed by atoms with E-state index < -0.39 is 23.8 Å². The van der Waals surface area contributed by atoms with Crippen molar-refractivity contribution in [2.75, 3.05) is 4.90 Å². The van der Waals surface area contributed by atoms with Crippen LogP contribution in [-0.2, 0) is 9.59 Å². The number of barbiturate groups is 1. The van der Waals surface area contributed by atoms with Gasteiger partial charge < -0.3 is 0 Å². The van der Waals surface area contributed by atoms with E-state index in [1.54, 1.807) is 18.2 Å². The number of nitrogens with one attached hydrogen (secondary N) is 1. The van der Waals surface area contributed by atoms with Gasteiger partial charge >= 0.3 is 6.03 Å². The molecule has 1 aliphatic rings. The summed E-state index contributed by atoms with van der Waals surface area (Å²) < 4.78 is 0. The zero-order valence-corrected chi connectivity index (χ0v) is 14.8. The Morgan fingerprint density at radius 2 is 1.73 bits per heavy atom. The molecule has 1 saturated heterocycles. The Labute approximate surface area is 151 Å². The molecular formula is C20H19N3O3. The number of urea groups is 1. The maximum atomic E-state index is 12.8. The van der Waals surface area contributed by atoms with Crippen molar-refractivity contribution in [2.24, 2.45) is 10.9 Å². The molecule has 2 aromatic carbocycles. The summed E-state index contributed by atoms with van der Waals surface area (Å²) in [6, 6.07) is 11.9. The van der Waals surface area contributed by atoms with Crippen LogP contribution in [0.4, 0.5) is 16.2 Å². The number of benzene rings is 2. The normalized spacial score (nSPS) is 17.7. The van der Waals surface area contributed by atoms with E-state index in [0.717, 1.165) is 21.6 Å². The minimum Gasteiger partial charge on any atom is -0.276 e. The van der Waals surface area contributed by atoms with Crippen molar-refractivity contribution in [3.05, 3.63) is 59.2 Å². The molecule has 1 N–H and O–H groups in total. The number of amides is 4. The first-order chi connectivity index (χ1) is 12.4. The van der Waals surface area contributed by atoms with Gasteiger partial charge in [0.25, 0.3) is 5.91 Å². The highest BCUT2D eigenvalue weighted by Crippen LogP contribution is 2.23. The lowest BCUT2D eigenvalue weighted by atomic mass is 10.0. The van der Waals surface area contributed by atoms with E-state index in [9.17, 15) is 14.4 Å². The summed E-state index contributed by atoms with van der Waals surface area (Å²) in [5.74, 6) is -2.44. The van der Waals surface area contributed by atoms with Crippen LogP contribution < -0.4 is 10.2 Å². The van der Waals surface area contributed by atoms with Gasteiger partial charge in [-0.1, -0.05) is 29.8 Å². The third-order valence-corrected chi connectivity index (χ3v) is 4.18. The van der Waals surface area contributed by atoms with Gasteiger partial charge in [0.15, 0.2) is 5.92 Å². The molecule has 0 aromatic heterocycles. The number of rotatable bonds is 3. The van der Waals surface area contributed by atoms with Crippen LogP contribution >= 0.6 is 0 Å². The van der Waals surface area contributed by atoms with Gasteiger partial charge in [0.05, 0.1) is 11.4 Å². The van der Waals surface area contributed by atoms with Crippen molar-refractivity contribution in [3.8, 4) is 0 Å². The number of imide groups is 2. The number of nitrogens with zero attached hydrogens (tertiary/aromatic N) is 2. The highest BCUT2D eigenvalue weighted by atomic mass is 16.2. The van der Waals surface area contributed by atoms with E-state index in [1.807, 2.05) is 45.0 Å². The highest BCUT2D eigenvalue weighted by Gasteiger charge is 2.40.